The van der Waals surface area contributed by atoms with Gasteiger partial charge in [-0.3, -0.25) is 4.57 Å². The Balaban J connectivity index is 1.72. The topological polar surface area (TPSA) is 70.3 Å². The summed E-state index contributed by atoms with van der Waals surface area (Å²) in [4.78, 5) is 12.5. The van der Waals surface area contributed by atoms with Crippen molar-refractivity contribution in [3.8, 4) is 0 Å². The van der Waals surface area contributed by atoms with Gasteiger partial charge in [-0.15, -0.1) is 0 Å². The molecule has 0 saturated carbocycles. The molecule has 3 rings (SSSR count). The van der Waals surface area contributed by atoms with Crippen molar-refractivity contribution in [2.45, 2.75) is 45.4 Å². The SMILES string of the molecule is CCn1c(CC2CCNCC2)nn(CC2COCCO2)c1=O. The molecule has 1 unspecified atom stereocenters. The first-order chi connectivity index (χ1) is 10.8. The highest BCUT2D eigenvalue weighted by atomic mass is 16.6. The molecule has 3 heterocycles. The van der Waals surface area contributed by atoms with E-state index >= 15 is 0 Å². The maximum atomic E-state index is 12.5. The second-order valence-corrected chi connectivity index (χ2v) is 6.09. The van der Waals surface area contributed by atoms with Crippen LogP contribution < -0.4 is 11.0 Å². The minimum absolute atomic E-state index is 0.0272. The van der Waals surface area contributed by atoms with Crippen LogP contribution in [0.4, 0.5) is 0 Å². The summed E-state index contributed by atoms with van der Waals surface area (Å²) >= 11 is 0. The van der Waals surface area contributed by atoms with Crippen molar-refractivity contribution in [3.05, 3.63) is 16.3 Å². The summed E-state index contributed by atoms with van der Waals surface area (Å²) in [6, 6.07) is 0. The lowest BCUT2D eigenvalue weighted by Gasteiger charge is -2.22. The number of rotatable bonds is 5. The molecule has 1 aromatic heterocycles. The Bertz CT molecular complexity index is 527. The van der Waals surface area contributed by atoms with Gasteiger partial charge in [-0.25, -0.2) is 9.48 Å². The highest BCUT2D eigenvalue weighted by Crippen LogP contribution is 2.16. The van der Waals surface area contributed by atoms with Crippen LogP contribution in [0.25, 0.3) is 0 Å². The van der Waals surface area contributed by atoms with Crippen LogP contribution in [0.2, 0.25) is 0 Å². The molecule has 0 bridgehead atoms. The Morgan fingerprint density at radius 1 is 1.32 bits per heavy atom. The molecule has 1 N–H and O–H groups in total. The molecule has 2 saturated heterocycles. The number of hydrogen-bond donors (Lipinski definition) is 1. The fraction of sp³-hybridized carbons (Fsp3) is 0.867. The maximum Gasteiger partial charge on any atom is 0.345 e. The maximum absolute atomic E-state index is 12.5. The summed E-state index contributed by atoms with van der Waals surface area (Å²) in [6.07, 6.45) is 3.13. The van der Waals surface area contributed by atoms with Crippen LogP contribution in [0.3, 0.4) is 0 Å². The van der Waals surface area contributed by atoms with Crippen LogP contribution in [0.1, 0.15) is 25.6 Å². The normalized spacial score (nSPS) is 23.8. The molecule has 0 amide bonds. The molecular weight excluding hydrogens is 284 g/mol. The van der Waals surface area contributed by atoms with Crippen LogP contribution in [0.15, 0.2) is 4.79 Å². The van der Waals surface area contributed by atoms with E-state index in [-0.39, 0.29) is 11.8 Å². The van der Waals surface area contributed by atoms with Crippen LogP contribution in [-0.2, 0) is 29.0 Å². The highest BCUT2D eigenvalue weighted by Gasteiger charge is 2.22. The van der Waals surface area contributed by atoms with Gasteiger partial charge >= 0.3 is 5.69 Å². The molecule has 7 nitrogen and oxygen atoms in total. The quantitative estimate of drug-likeness (QED) is 0.830. The van der Waals surface area contributed by atoms with Gasteiger partial charge in [0.15, 0.2) is 0 Å². The predicted octanol–water partition coefficient (Wildman–Crippen LogP) is 0.0222. The first-order valence-electron chi connectivity index (χ1n) is 8.34. The Morgan fingerprint density at radius 3 is 2.82 bits per heavy atom. The first-order valence-corrected chi connectivity index (χ1v) is 8.34. The number of hydrogen-bond acceptors (Lipinski definition) is 5. The molecule has 0 spiro atoms. The van der Waals surface area contributed by atoms with Gasteiger partial charge in [-0.2, -0.15) is 5.10 Å². The summed E-state index contributed by atoms with van der Waals surface area (Å²) in [5, 5.41) is 7.96. The van der Waals surface area contributed by atoms with Gasteiger partial charge in [0.05, 0.1) is 26.4 Å². The number of aromatic nitrogens is 3. The van der Waals surface area contributed by atoms with E-state index in [1.807, 2.05) is 6.92 Å². The first kappa shape index (κ1) is 15.7. The number of nitrogens with one attached hydrogen (secondary N) is 1. The molecule has 2 aliphatic rings. The third-order valence-corrected chi connectivity index (χ3v) is 4.51. The van der Waals surface area contributed by atoms with Gasteiger partial charge < -0.3 is 14.8 Å². The summed E-state index contributed by atoms with van der Waals surface area (Å²) in [7, 11) is 0. The highest BCUT2D eigenvalue weighted by molar-refractivity contribution is 4.92. The largest absolute Gasteiger partial charge is 0.376 e. The number of ether oxygens (including phenoxy) is 2. The second-order valence-electron chi connectivity index (χ2n) is 6.09. The van der Waals surface area contributed by atoms with Gasteiger partial charge in [0.1, 0.15) is 11.9 Å². The molecule has 7 heteroatoms. The van der Waals surface area contributed by atoms with E-state index < -0.39 is 0 Å². The van der Waals surface area contributed by atoms with Crippen molar-refractivity contribution in [3.63, 3.8) is 0 Å². The third kappa shape index (κ3) is 3.59. The fourth-order valence-electron chi connectivity index (χ4n) is 3.25. The molecule has 22 heavy (non-hydrogen) atoms. The summed E-state index contributed by atoms with van der Waals surface area (Å²) in [5.41, 5.74) is -0.0272. The van der Waals surface area contributed by atoms with Crippen LogP contribution in [-0.4, -0.2) is 53.4 Å². The van der Waals surface area contributed by atoms with E-state index in [0.717, 1.165) is 38.2 Å². The van der Waals surface area contributed by atoms with E-state index in [2.05, 4.69) is 10.4 Å². The predicted molar refractivity (Wildman–Crippen MR) is 82.0 cm³/mol. The number of nitrogens with zero attached hydrogens (tertiary/aromatic N) is 3. The van der Waals surface area contributed by atoms with Crippen LogP contribution in [0.5, 0.6) is 0 Å². The molecule has 124 valence electrons. The summed E-state index contributed by atoms with van der Waals surface area (Å²) < 4.78 is 14.4. The lowest BCUT2D eigenvalue weighted by molar-refractivity contribution is -0.0950. The molecular formula is C15H26N4O3. The zero-order valence-corrected chi connectivity index (χ0v) is 13.3. The Hall–Kier alpha value is -1.18. The van der Waals surface area contributed by atoms with Crippen molar-refractivity contribution in [2.24, 2.45) is 5.92 Å². The average Bonchev–Trinajstić information content (AvgIpc) is 2.84. The van der Waals surface area contributed by atoms with E-state index in [0.29, 0.717) is 38.8 Å². The second kappa shape index (κ2) is 7.39. The van der Waals surface area contributed by atoms with Gasteiger partial charge in [-0.05, 0) is 38.8 Å². The number of piperidine rings is 1. The molecule has 0 aliphatic carbocycles. The minimum atomic E-state index is -0.0709. The Kier molecular flexibility index (Phi) is 5.28. The van der Waals surface area contributed by atoms with Crippen LogP contribution >= 0.6 is 0 Å². The summed E-state index contributed by atoms with van der Waals surface area (Å²) in [6.45, 7) is 7.04. The zero-order chi connectivity index (χ0) is 15.4. The van der Waals surface area contributed by atoms with Gasteiger partial charge in [-0.1, -0.05) is 0 Å². The third-order valence-electron chi connectivity index (χ3n) is 4.51. The van der Waals surface area contributed by atoms with Gasteiger partial charge in [0, 0.05) is 13.0 Å². The van der Waals surface area contributed by atoms with Crippen LogP contribution in [0, 0.1) is 5.92 Å². The van der Waals surface area contributed by atoms with E-state index in [1.165, 1.54) is 0 Å². The van der Waals surface area contributed by atoms with Crippen molar-refractivity contribution in [1.29, 1.82) is 0 Å². The van der Waals surface area contributed by atoms with Crippen molar-refractivity contribution in [2.75, 3.05) is 32.9 Å². The smallest absolute Gasteiger partial charge is 0.345 e. The van der Waals surface area contributed by atoms with E-state index in [9.17, 15) is 4.79 Å². The zero-order valence-electron chi connectivity index (χ0n) is 13.3. The van der Waals surface area contributed by atoms with E-state index in [1.54, 1.807) is 9.25 Å². The molecule has 0 radical (unpaired) electrons. The Labute approximate surface area is 130 Å². The fourth-order valence-corrected chi connectivity index (χ4v) is 3.25. The average molecular weight is 310 g/mol. The van der Waals surface area contributed by atoms with Crippen molar-refractivity contribution < 1.29 is 9.47 Å². The minimum Gasteiger partial charge on any atom is -0.376 e. The molecule has 2 fully saturated rings. The summed E-state index contributed by atoms with van der Waals surface area (Å²) in [5.74, 6) is 1.53. The van der Waals surface area contributed by atoms with Gasteiger partial charge in [0.25, 0.3) is 0 Å². The lowest BCUT2D eigenvalue weighted by atomic mass is 9.94. The lowest BCUT2D eigenvalue weighted by Crippen LogP contribution is -2.36. The van der Waals surface area contributed by atoms with E-state index in [4.69, 9.17) is 9.47 Å². The van der Waals surface area contributed by atoms with Crippen molar-refractivity contribution >= 4 is 0 Å². The standard InChI is InChI=1S/C15H26N4O3/c1-2-18-14(9-12-3-5-16-6-4-12)17-19(15(18)20)10-13-11-21-7-8-22-13/h12-13,16H,2-11H2,1H3. The van der Waals surface area contributed by atoms with Crippen molar-refractivity contribution in [1.82, 2.24) is 19.7 Å². The molecule has 1 atom stereocenters. The monoisotopic (exact) mass is 310 g/mol. The van der Waals surface area contributed by atoms with Gasteiger partial charge in [0.2, 0.25) is 0 Å². The molecule has 1 aromatic rings. The Morgan fingerprint density at radius 2 is 2.14 bits per heavy atom. The molecule has 0 aromatic carbocycles. The molecule has 2 aliphatic heterocycles.